The van der Waals surface area contributed by atoms with Crippen LogP contribution in [0.4, 0.5) is 28.8 Å². The van der Waals surface area contributed by atoms with Crippen LogP contribution in [-0.2, 0) is 19.4 Å². The van der Waals surface area contributed by atoms with Gasteiger partial charge in [0, 0.05) is 31.2 Å². The van der Waals surface area contributed by atoms with Crippen molar-refractivity contribution in [3.8, 4) is 5.75 Å². The number of hydrogen-bond donors (Lipinski definition) is 3. The van der Waals surface area contributed by atoms with Crippen molar-refractivity contribution in [2.45, 2.75) is 107 Å². The van der Waals surface area contributed by atoms with Gasteiger partial charge in [-0.2, -0.15) is 4.98 Å². The van der Waals surface area contributed by atoms with E-state index in [1.54, 1.807) is 50.2 Å². The molecular formula is C46H53ClN8O7S. The Kier molecular flexibility index (Phi) is 12.5. The molecule has 63 heavy (non-hydrogen) atoms. The van der Waals surface area contributed by atoms with E-state index in [1.807, 2.05) is 19.9 Å². The number of anilines is 5. The molecule has 4 aromatic rings. The molecule has 4 amide bonds. The van der Waals surface area contributed by atoms with E-state index in [2.05, 4.69) is 54.8 Å². The molecule has 3 fully saturated rings. The first-order valence-electron chi connectivity index (χ1n) is 21.6. The van der Waals surface area contributed by atoms with Gasteiger partial charge in [0.2, 0.25) is 17.8 Å². The normalized spacial score (nSPS) is 19.2. The topological polar surface area (TPSA) is 183 Å². The molecule has 15 nitrogen and oxygen atoms in total. The number of rotatable bonds is 12. The molecule has 332 valence electrons. The Balaban J connectivity index is 0.899. The van der Waals surface area contributed by atoms with E-state index in [4.69, 9.17) is 16.3 Å². The molecule has 4 aliphatic heterocycles. The molecular weight excluding hydrogens is 844 g/mol. The number of carbonyl (C=O) groups excluding carboxylic acids is 4. The van der Waals surface area contributed by atoms with Gasteiger partial charge in [-0.1, -0.05) is 23.7 Å². The number of amides is 4. The predicted molar refractivity (Wildman–Crippen MR) is 241 cm³/mol. The molecule has 3 saturated heterocycles. The summed E-state index contributed by atoms with van der Waals surface area (Å²) in [7, 11) is -3.58. The van der Waals surface area contributed by atoms with Crippen molar-refractivity contribution in [2.75, 3.05) is 41.7 Å². The average molecular weight is 897 g/mol. The Bertz CT molecular complexity index is 2570. The summed E-state index contributed by atoms with van der Waals surface area (Å²) in [5, 5.41) is 8.32. The summed E-state index contributed by atoms with van der Waals surface area (Å²) in [5.41, 5.74) is 4.90. The third-order valence-electron chi connectivity index (χ3n) is 12.5. The van der Waals surface area contributed by atoms with Crippen molar-refractivity contribution < 1.29 is 32.3 Å². The van der Waals surface area contributed by atoms with E-state index in [0.717, 1.165) is 68.0 Å². The zero-order valence-corrected chi connectivity index (χ0v) is 37.7. The zero-order chi connectivity index (χ0) is 44.7. The van der Waals surface area contributed by atoms with Crippen molar-refractivity contribution >= 4 is 73.9 Å². The van der Waals surface area contributed by atoms with Crippen molar-refractivity contribution in [2.24, 2.45) is 0 Å². The summed E-state index contributed by atoms with van der Waals surface area (Å²) in [6.07, 6.45) is 5.53. The highest BCUT2D eigenvalue weighted by Crippen LogP contribution is 2.40. The van der Waals surface area contributed by atoms with Crippen LogP contribution in [0.3, 0.4) is 0 Å². The van der Waals surface area contributed by atoms with E-state index in [9.17, 15) is 27.6 Å². The lowest BCUT2D eigenvalue weighted by Crippen LogP contribution is -2.54. The van der Waals surface area contributed by atoms with Crippen LogP contribution in [0, 0.1) is 6.92 Å². The molecule has 3 N–H and O–H groups in total. The SMILES string of the molecule is Cc1cc(Nc2ncc(Cl)c(Nc3ccccc3S(=O)(=O)C(C)C)n2)c(OC(C)C)cc1C1CCN(C2CCN(c3ccc4c(c3)C(=O)N(C3CCC(=O)NC3=O)C4=O)CC2)CC1. The maximum atomic E-state index is 13.4. The first-order chi connectivity index (χ1) is 30.1. The molecule has 0 saturated carbocycles. The highest BCUT2D eigenvalue weighted by molar-refractivity contribution is 7.92. The minimum Gasteiger partial charge on any atom is -0.489 e. The smallest absolute Gasteiger partial charge is 0.262 e. The van der Waals surface area contributed by atoms with Gasteiger partial charge in [-0.15, -0.1) is 0 Å². The first-order valence-corrected chi connectivity index (χ1v) is 23.6. The van der Waals surface area contributed by atoms with Gasteiger partial charge >= 0.3 is 0 Å². The molecule has 17 heteroatoms. The Morgan fingerprint density at radius 2 is 1.56 bits per heavy atom. The molecule has 0 radical (unpaired) electrons. The van der Waals surface area contributed by atoms with Crippen molar-refractivity contribution in [3.05, 3.63) is 88.1 Å². The molecule has 0 aliphatic carbocycles. The molecule has 1 atom stereocenters. The number of carbonyl (C=O) groups is 4. The maximum absolute atomic E-state index is 13.4. The van der Waals surface area contributed by atoms with Crippen LogP contribution in [0.15, 0.2) is 65.7 Å². The number of sulfone groups is 1. The summed E-state index contributed by atoms with van der Waals surface area (Å²) in [5.74, 6) is -0.447. The number of fused-ring (bicyclic) bond motifs is 1. The fraction of sp³-hybridized carbons (Fsp3) is 0.435. The summed E-state index contributed by atoms with van der Waals surface area (Å²) < 4.78 is 32.6. The number of hydrogen-bond acceptors (Lipinski definition) is 13. The number of aryl methyl sites for hydroxylation is 1. The minimum absolute atomic E-state index is 0.0822. The number of para-hydroxylation sites is 1. The van der Waals surface area contributed by atoms with E-state index in [1.165, 1.54) is 11.8 Å². The molecule has 5 heterocycles. The van der Waals surface area contributed by atoms with Crippen LogP contribution < -0.4 is 25.6 Å². The van der Waals surface area contributed by atoms with Gasteiger partial charge in [0.15, 0.2) is 15.7 Å². The quantitative estimate of drug-likeness (QED) is 0.122. The summed E-state index contributed by atoms with van der Waals surface area (Å²) >= 11 is 6.53. The van der Waals surface area contributed by atoms with E-state index in [-0.39, 0.29) is 46.2 Å². The van der Waals surface area contributed by atoms with Gasteiger partial charge in [0.1, 0.15) is 16.8 Å². The number of piperidine rings is 3. The third-order valence-corrected chi connectivity index (χ3v) is 15.0. The second kappa shape index (κ2) is 17.9. The Morgan fingerprint density at radius 1 is 0.841 bits per heavy atom. The van der Waals surface area contributed by atoms with Crippen LogP contribution >= 0.6 is 11.6 Å². The number of nitrogens with zero attached hydrogens (tertiary/aromatic N) is 5. The molecule has 3 aromatic carbocycles. The zero-order valence-electron chi connectivity index (χ0n) is 36.1. The number of imide groups is 2. The Hall–Kier alpha value is -5.58. The van der Waals surface area contributed by atoms with E-state index < -0.39 is 44.8 Å². The number of benzene rings is 3. The van der Waals surface area contributed by atoms with E-state index in [0.29, 0.717) is 34.6 Å². The van der Waals surface area contributed by atoms with Crippen LogP contribution in [-0.4, -0.2) is 101 Å². The lowest BCUT2D eigenvalue weighted by molar-refractivity contribution is -0.136. The Morgan fingerprint density at radius 3 is 2.25 bits per heavy atom. The van der Waals surface area contributed by atoms with Crippen LogP contribution in [0.2, 0.25) is 5.02 Å². The number of aromatic nitrogens is 2. The van der Waals surface area contributed by atoms with Crippen molar-refractivity contribution in [3.63, 3.8) is 0 Å². The number of ether oxygens (including phenoxy) is 1. The van der Waals surface area contributed by atoms with Gasteiger partial charge in [0.05, 0.1) is 44.9 Å². The van der Waals surface area contributed by atoms with Gasteiger partial charge in [-0.25, -0.2) is 13.4 Å². The average Bonchev–Trinajstić information content (AvgIpc) is 3.50. The van der Waals surface area contributed by atoms with Crippen LogP contribution in [0.5, 0.6) is 5.75 Å². The summed E-state index contributed by atoms with van der Waals surface area (Å²) in [4.78, 5) is 65.9. The largest absolute Gasteiger partial charge is 0.489 e. The third kappa shape index (κ3) is 8.98. The standard InChI is InChI=1S/C46H53ClN8O7S/c1-26(2)62-39-24-33(28(5)22-37(39)50-46-48-25-35(47)42(52-46)49-36-8-6-7-9-40(36)63(60,61)27(3)4)29-14-18-53(19-15-29)30-16-20-54(21-17-30)31-10-11-32-34(23-31)45(59)55(44(32)58)38-12-13-41(56)51-43(38)57/h6-11,22-27,29-30,38H,12-21H2,1-5H3,(H,51,56,57)(H2,48,49,50,52). The predicted octanol–water partition coefficient (Wildman–Crippen LogP) is 7.14. The van der Waals surface area contributed by atoms with Gasteiger partial charge in [-0.05, 0) is 139 Å². The van der Waals surface area contributed by atoms with Crippen LogP contribution in [0.1, 0.15) is 104 Å². The highest BCUT2D eigenvalue weighted by atomic mass is 35.5. The summed E-state index contributed by atoms with van der Waals surface area (Å²) in [6, 6.07) is 15.7. The van der Waals surface area contributed by atoms with Gasteiger partial charge in [-0.3, -0.25) is 29.4 Å². The number of halogens is 1. The van der Waals surface area contributed by atoms with Gasteiger partial charge < -0.3 is 25.2 Å². The van der Waals surface area contributed by atoms with Crippen molar-refractivity contribution in [1.29, 1.82) is 0 Å². The monoisotopic (exact) mass is 896 g/mol. The summed E-state index contributed by atoms with van der Waals surface area (Å²) in [6.45, 7) is 12.9. The molecule has 0 spiro atoms. The highest BCUT2D eigenvalue weighted by Gasteiger charge is 2.45. The van der Waals surface area contributed by atoms with Gasteiger partial charge in [0.25, 0.3) is 11.8 Å². The van der Waals surface area contributed by atoms with Crippen molar-refractivity contribution in [1.82, 2.24) is 25.1 Å². The maximum Gasteiger partial charge on any atom is 0.262 e. The van der Waals surface area contributed by atoms with E-state index >= 15 is 0 Å². The second-order valence-corrected chi connectivity index (χ2v) is 20.2. The number of likely N-dealkylation sites (tertiary alicyclic amines) is 1. The molecule has 0 bridgehead atoms. The first kappa shape index (κ1) is 44.0. The molecule has 8 rings (SSSR count). The fourth-order valence-corrected chi connectivity index (χ4v) is 10.5. The second-order valence-electron chi connectivity index (χ2n) is 17.3. The Labute approximate surface area is 372 Å². The minimum atomic E-state index is -3.58. The fourth-order valence-electron chi connectivity index (χ4n) is 9.15. The lowest BCUT2D eigenvalue weighted by atomic mass is 9.85. The molecule has 1 unspecified atom stereocenters. The van der Waals surface area contributed by atoms with Crippen LogP contribution in [0.25, 0.3) is 0 Å². The molecule has 1 aromatic heterocycles. The lowest BCUT2D eigenvalue weighted by Gasteiger charge is -2.42. The molecule has 4 aliphatic rings. The number of nitrogens with one attached hydrogen (secondary N) is 3.